The zero-order valence-electron chi connectivity index (χ0n) is 16.2. The largest absolute Gasteiger partial charge is 0.484 e. The van der Waals surface area contributed by atoms with Crippen LogP contribution in [-0.2, 0) is 4.79 Å². The number of carbonyl (C=O) groups is 2. The molecule has 1 aromatic heterocycles. The van der Waals surface area contributed by atoms with E-state index in [0.717, 1.165) is 17.5 Å². The summed E-state index contributed by atoms with van der Waals surface area (Å²) in [6.07, 6.45) is 2.34. The molecule has 7 heteroatoms. The van der Waals surface area contributed by atoms with Crippen molar-refractivity contribution in [3.8, 4) is 5.75 Å². The van der Waals surface area contributed by atoms with Crippen molar-refractivity contribution in [2.24, 2.45) is 0 Å². The van der Waals surface area contributed by atoms with Gasteiger partial charge in [0.2, 0.25) is 0 Å². The molecule has 6 nitrogen and oxygen atoms in total. The summed E-state index contributed by atoms with van der Waals surface area (Å²) >= 11 is 6.17. The molecule has 1 aromatic carbocycles. The van der Waals surface area contributed by atoms with Crippen LogP contribution in [0.1, 0.15) is 28.0 Å². The maximum atomic E-state index is 12.6. The lowest BCUT2D eigenvalue weighted by molar-refractivity contribution is -0.133. The first-order valence-corrected chi connectivity index (χ1v) is 9.71. The number of rotatable bonds is 4. The SMILES string of the molecule is Cc1cc(OCC(=O)N2CCCN(C(=O)c3ccccn3)CC2)cc(C)c1Cl. The number of carbonyl (C=O) groups excluding carboxylic acids is 2. The zero-order valence-corrected chi connectivity index (χ0v) is 16.9. The summed E-state index contributed by atoms with van der Waals surface area (Å²) in [4.78, 5) is 32.7. The van der Waals surface area contributed by atoms with Gasteiger partial charge in [-0.15, -0.1) is 0 Å². The number of ether oxygens (including phenoxy) is 1. The Hall–Kier alpha value is -2.60. The molecule has 0 radical (unpaired) electrons. The van der Waals surface area contributed by atoms with Crippen LogP contribution in [0.4, 0.5) is 0 Å². The van der Waals surface area contributed by atoms with Gasteiger partial charge < -0.3 is 14.5 Å². The van der Waals surface area contributed by atoms with Gasteiger partial charge in [0.25, 0.3) is 11.8 Å². The van der Waals surface area contributed by atoms with Gasteiger partial charge in [0.1, 0.15) is 11.4 Å². The quantitative estimate of drug-likeness (QED) is 0.789. The Morgan fingerprint density at radius 3 is 2.43 bits per heavy atom. The molecule has 0 saturated carbocycles. The summed E-state index contributed by atoms with van der Waals surface area (Å²) in [7, 11) is 0. The second-order valence-corrected chi connectivity index (χ2v) is 7.28. The normalized spacial score (nSPS) is 14.5. The molecule has 28 heavy (non-hydrogen) atoms. The molecule has 0 atom stereocenters. The van der Waals surface area contributed by atoms with Crippen molar-refractivity contribution in [1.82, 2.24) is 14.8 Å². The van der Waals surface area contributed by atoms with Gasteiger partial charge in [0.05, 0.1) is 0 Å². The molecule has 1 aliphatic rings. The van der Waals surface area contributed by atoms with E-state index >= 15 is 0 Å². The van der Waals surface area contributed by atoms with Crippen molar-refractivity contribution in [2.45, 2.75) is 20.3 Å². The van der Waals surface area contributed by atoms with Gasteiger partial charge in [-0.3, -0.25) is 14.6 Å². The predicted octanol–water partition coefficient (Wildman–Crippen LogP) is 3.11. The fourth-order valence-electron chi connectivity index (χ4n) is 3.25. The summed E-state index contributed by atoms with van der Waals surface area (Å²) in [6, 6.07) is 8.95. The topological polar surface area (TPSA) is 62.7 Å². The number of aryl methyl sites for hydroxylation is 2. The lowest BCUT2D eigenvalue weighted by atomic mass is 10.1. The van der Waals surface area contributed by atoms with Crippen LogP contribution in [0.3, 0.4) is 0 Å². The Morgan fingerprint density at radius 1 is 1.07 bits per heavy atom. The van der Waals surface area contributed by atoms with Gasteiger partial charge in [-0.05, 0) is 55.7 Å². The van der Waals surface area contributed by atoms with Crippen LogP contribution in [0, 0.1) is 13.8 Å². The predicted molar refractivity (Wildman–Crippen MR) is 108 cm³/mol. The van der Waals surface area contributed by atoms with Gasteiger partial charge in [-0.2, -0.15) is 0 Å². The third-order valence-corrected chi connectivity index (χ3v) is 5.39. The number of amides is 2. The number of pyridine rings is 1. The molecule has 3 rings (SSSR count). The van der Waals surface area contributed by atoms with Crippen molar-refractivity contribution in [3.05, 3.63) is 58.4 Å². The van der Waals surface area contributed by atoms with Crippen molar-refractivity contribution < 1.29 is 14.3 Å². The molecule has 1 fully saturated rings. The molecule has 0 N–H and O–H groups in total. The van der Waals surface area contributed by atoms with E-state index in [9.17, 15) is 9.59 Å². The molecular formula is C21H24ClN3O3. The fourth-order valence-corrected chi connectivity index (χ4v) is 3.36. The third kappa shape index (κ3) is 4.81. The van der Waals surface area contributed by atoms with Gasteiger partial charge in [0.15, 0.2) is 6.61 Å². The van der Waals surface area contributed by atoms with Gasteiger partial charge in [0, 0.05) is 37.4 Å². The highest BCUT2D eigenvalue weighted by Gasteiger charge is 2.23. The summed E-state index contributed by atoms with van der Waals surface area (Å²) in [6.45, 7) is 5.97. The van der Waals surface area contributed by atoms with Crippen LogP contribution >= 0.6 is 11.6 Å². The minimum atomic E-state index is -0.0988. The van der Waals surface area contributed by atoms with Crippen molar-refractivity contribution in [1.29, 1.82) is 0 Å². The van der Waals surface area contributed by atoms with E-state index in [0.29, 0.717) is 42.6 Å². The number of halogens is 1. The minimum Gasteiger partial charge on any atom is -0.484 e. The third-order valence-electron chi connectivity index (χ3n) is 4.79. The maximum absolute atomic E-state index is 12.6. The lowest BCUT2D eigenvalue weighted by Crippen LogP contribution is -2.39. The molecule has 2 aromatic rings. The molecule has 1 aliphatic heterocycles. The van der Waals surface area contributed by atoms with Crippen molar-refractivity contribution in [3.63, 3.8) is 0 Å². The van der Waals surface area contributed by atoms with E-state index in [4.69, 9.17) is 16.3 Å². The Kier molecular flexibility index (Phi) is 6.52. The monoisotopic (exact) mass is 401 g/mol. The molecule has 0 spiro atoms. The van der Waals surface area contributed by atoms with E-state index < -0.39 is 0 Å². The summed E-state index contributed by atoms with van der Waals surface area (Å²) in [5.74, 6) is 0.449. The van der Waals surface area contributed by atoms with Gasteiger partial charge in [-0.25, -0.2) is 0 Å². The molecule has 0 unspecified atom stereocenters. The first-order valence-electron chi connectivity index (χ1n) is 9.33. The van der Waals surface area contributed by atoms with E-state index in [-0.39, 0.29) is 18.4 Å². The highest BCUT2D eigenvalue weighted by Crippen LogP contribution is 2.25. The number of hydrogen-bond donors (Lipinski definition) is 0. The van der Waals surface area contributed by atoms with Crippen LogP contribution in [0.2, 0.25) is 5.02 Å². The smallest absolute Gasteiger partial charge is 0.272 e. The van der Waals surface area contributed by atoms with Crippen LogP contribution in [0.25, 0.3) is 0 Å². The van der Waals surface area contributed by atoms with E-state index in [1.807, 2.05) is 26.0 Å². The zero-order chi connectivity index (χ0) is 20.1. The number of hydrogen-bond acceptors (Lipinski definition) is 4. The highest BCUT2D eigenvalue weighted by molar-refractivity contribution is 6.32. The molecule has 148 valence electrons. The number of nitrogens with zero attached hydrogens (tertiary/aromatic N) is 3. The van der Waals surface area contributed by atoms with Gasteiger partial charge >= 0.3 is 0 Å². The first-order chi connectivity index (χ1) is 13.5. The average molecular weight is 402 g/mol. The molecule has 1 saturated heterocycles. The summed E-state index contributed by atoms with van der Waals surface area (Å²) in [5.41, 5.74) is 2.27. The number of aromatic nitrogens is 1. The molecule has 0 bridgehead atoms. The summed E-state index contributed by atoms with van der Waals surface area (Å²) < 4.78 is 5.68. The standard InChI is InChI=1S/C21H24ClN3O3/c1-15-12-17(13-16(2)20(15)22)28-14-19(26)24-8-5-9-25(11-10-24)21(27)18-6-3-4-7-23-18/h3-4,6-7,12-13H,5,8-11,14H2,1-2H3. The van der Waals surface area contributed by atoms with Crippen LogP contribution in [0.5, 0.6) is 5.75 Å². The maximum Gasteiger partial charge on any atom is 0.272 e. The van der Waals surface area contributed by atoms with Crippen LogP contribution in [0.15, 0.2) is 36.5 Å². The van der Waals surface area contributed by atoms with E-state index in [2.05, 4.69) is 4.98 Å². The lowest BCUT2D eigenvalue weighted by Gasteiger charge is -2.22. The summed E-state index contributed by atoms with van der Waals surface area (Å²) in [5, 5.41) is 0.712. The molecule has 2 amide bonds. The Morgan fingerprint density at radius 2 is 1.75 bits per heavy atom. The Labute approximate surface area is 170 Å². The van der Waals surface area contributed by atoms with E-state index in [1.54, 1.807) is 34.2 Å². The van der Waals surface area contributed by atoms with Crippen molar-refractivity contribution >= 4 is 23.4 Å². The number of benzene rings is 1. The first kappa shape index (κ1) is 20.1. The minimum absolute atomic E-state index is 0.0330. The van der Waals surface area contributed by atoms with E-state index in [1.165, 1.54) is 0 Å². The highest BCUT2D eigenvalue weighted by atomic mass is 35.5. The second kappa shape index (κ2) is 9.06. The Balaban J connectivity index is 1.55. The van der Waals surface area contributed by atoms with Crippen LogP contribution < -0.4 is 4.74 Å². The van der Waals surface area contributed by atoms with Crippen molar-refractivity contribution in [2.75, 3.05) is 32.8 Å². The van der Waals surface area contributed by atoms with Crippen LogP contribution in [-0.4, -0.2) is 59.4 Å². The average Bonchev–Trinajstić information content (AvgIpc) is 2.96. The second-order valence-electron chi connectivity index (χ2n) is 6.90. The van der Waals surface area contributed by atoms with Gasteiger partial charge in [-0.1, -0.05) is 17.7 Å². The molecule has 0 aliphatic carbocycles. The Bertz CT molecular complexity index is 834. The molecular weight excluding hydrogens is 378 g/mol. The molecule has 2 heterocycles. The fraction of sp³-hybridized carbons (Fsp3) is 0.381.